The van der Waals surface area contributed by atoms with Crippen molar-refractivity contribution >= 4 is 34.4 Å². The van der Waals surface area contributed by atoms with Crippen molar-refractivity contribution in [2.24, 2.45) is 5.92 Å². The van der Waals surface area contributed by atoms with Crippen LogP contribution in [-0.2, 0) is 5.41 Å². The van der Waals surface area contributed by atoms with Gasteiger partial charge in [-0.3, -0.25) is 0 Å². The van der Waals surface area contributed by atoms with Crippen LogP contribution < -0.4 is 9.64 Å². The first-order valence-electron chi connectivity index (χ1n) is 19.1. The molecular weight excluding hydrogens is 687 g/mol. The molecule has 55 heavy (non-hydrogen) atoms. The molecule has 7 aromatic rings. The minimum absolute atomic E-state index is 0.400. The van der Waals surface area contributed by atoms with Crippen LogP contribution in [0.15, 0.2) is 191 Å². The van der Waals surface area contributed by atoms with Crippen LogP contribution in [0.5, 0.6) is 11.5 Å². The predicted molar refractivity (Wildman–Crippen MR) is 226 cm³/mol. The molecule has 0 aromatic heterocycles. The summed E-state index contributed by atoms with van der Waals surface area (Å²) in [6.45, 7) is 4.39. The Hall–Kier alpha value is -6.29. The molecule has 0 N–H and O–H groups in total. The van der Waals surface area contributed by atoms with Gasteiger partial charge in [-0.2, -0.15) is 0 Å². The Kier molecular flexibility index (Phi) is 6.43. The molecule has 0 saturated carbocycles. The smallest absolute Gasteiger partial charge is 0.130 e. The summed E-state index contributed by atoms with van der Waals surface area (Å²) >= 11 is 1.85. The molecule has 1 spiro atoms. The molecule has 5 aliphatic rings. The van der Waals surface area contributed by atoms with Crippen LogP contribution in [-0.4, -0.2) is 0 Å². The molecule has 4 aliphatic carbocycles. The van der Waals surface area contributed by atoms with Gasteiger partial charge in [0.05, 0.1) is 16.8 Å². The van der Waals surface area contributed by atoms with E-state index >= 15 is 0 Å². The fourth-order valence-electron chi connectivity index (χ4n) is 9.87. The van der Waals surface area contributed by atoms with Crippen molar-refractivity contribution in [3.05, 3.63) is 214 Å². The summed E-state index contributed by atoms with van der Waals surface area (Å²) in [5.41, 5.74) is 20.1. The third kappa shape index (κ3) is 4.27. The van der Waals surface area contributed by atoms with Crippen molar-refractivity contribution < 1.29 is 4.74 Å². The molecule has 7 aromatic carbocycles. The lowest BCUT2D eigenvalue weighted by atomic mass is 9.66. The summed E-state index contributed by atoms with van der Waals surface area (Å²) in [5, 5.41) is 0. The summed E-state index contributed by atoms with van der Waals surface area (Å²) in [6, 6.07) is 55.7. The number of anilines is 3. The van der Waals surface area contributed by atoms with Gasteiger partial charge in [0.1, 0.15) is 11.5 Å². The Morgan fingerprint density at radius 3 is 2.16 bits per heavy atom. The highest BCUT2D eigenvalue weighted by atomic mass is 32.2. The van der Waals surface area contributed by atoms with E-state index in [9.17, 15) is 0 Å². The number of rotatable bonds is 4. The minimum atomic E-state index is -0.466. The molecule has 12 rings (SSSR count). The third-order valence-electron chi connectivity index (χ3n) is 12.3. The Labute approximate surface area is 325 Å². The molecule has 0 amide bonds. The van der Waals surface area contributed by atoms with E-state index in [0.29, 0.717) is 5.92 Å². The third-order valence-corrected chi connectivity index (χ3v) is 13.5. The van der Waals surface area contributed by atoms with E-state index in [-0.39, 0.29) is 0 Å². The van der Waals surface area contributed by atoms with Gasteiger partial charge in [0.2, 0.25) is 0 Å². The van der Waals surface area contributed by atoms with Gasteiger partial charge in [0, 0.05) is 21.4 Å². The highest BCUT2D eigenvalue weighted by molar-refractivity contribution is 7.99. The summed E-state index contributed by atoms with van der Waals surface area (Å²) in [7, 11) is 0. The molecule has 1 heterocycles. The first kappa shape index (κ1) is 31.1. The van der Waals surface area contributed by atoms with E-state index in [4.69, 9.17) is 4.74 Å². The van der Waals surface area contributed by atoms with E-state index in [0.717, 1.165) is 22.7 Å². The predicted octanol–water partition coefficient (Wildman–Crippen LogP) is 13.9. The second-order valence-corrected chi connectivity index (χ2v) is 16.3. The van der Waals surface area contributed by atoms with Crippen LogP contribution in [0.3, 0.4) is 0 Å². The van der Waals surface area contributed by atoms with Crippen LogP contribution in [0.4, 0.5) is 17.1 Å². The summed E-state index contributed by atoms with van der Waals surface area (Å²) in [5.74, 6) is 2.21. The van der Waals surface area contributed by atoms with Crippen molar-refractivity contribution in [2.45, 2.75) is 29.1 Å². The Balaban J connectivity index is 1.07. The van der Waals surface area contributed by atoms with E-state index < -0.39 is 5.41 Å². The number of hydrogen-bond donors (Lipinski definition) is 0. The van der Waals surface area contributed by atoms with Gasteiger partial charge in [0.25, 0.3) is 0 Å². The van der Waals surface area contributed by atoms with Crippen molar-refractivity contribution in [2.75, 3.05) is 4.90 Å². The summed E-state index contributed by atoms with van der Waals surface area (Å²) in [4.78, 5) is 4.96. The number of benzene rings is 7. The zero-order chi connectivity index (χ0) is 36.4. The van der Waals surface area contributed by atoms with Gasteiger partial charge in [0.15, 0.2) is 0 Å². The lowest BCUT2D eigenvalue weighted by Gasteiger charge is -2.34. The number of ether oxygens (including phenoxy) is 1. The Morgan fingerprint density at radius 2 is 1.33 bits per heavy atom. The molecule has 3 heteroatoms. The first-order valence-corrected chi connectivity index (χ1v) is 19.9. The van der Waals surface area contributed by atoms with Crippen molar-refractivity contribution in [3.8, 4) is 33.8 Å². The largest absolute Gasteiger partial charge is 0.457 e. The van der Waals surface area contributed by atoms with Crippen molar-refractivity contribution in [1.82, 2.24) is 0 Å². The quantitative estimate of drug-likeness (QED) is 0.180. The Bertz CT molecular complexity index is 2880. The van der Waals surface area contributed by atoms with E-state index in [2.05, 4.69) is 189 Å². The van der Waals surface area contributed by atoms with Gasteiger partial charge in [-0.1, -0.05) is 127 Å². The lowest BCUT2D eigenvalue weighted by Crippen LogP contribution is -2.29. The average molecular weight is 722 g/mol. The standard InChI is InChI=1S/C52H35NOS/c1-31-12-3-8-19-46(31)54-47-27-26-39-38-24-22-34(33-13-11-14-36(28-33)53-44-17-6-9-20-48(44)55-49-21-10-7-18-45(49)53)30-43(38)52(50(39)32(47)2)42-16-5-4-15-37(42)40-25-23-35-29-41(35)51(40)52/h3-30,35H,1-2H3. The second kappa shape index (κ2) is 11.4. The summed E-state index contributed by atoms with van der Waals surface area (Å²) < 4.78 is 6.79. The summed E-state index contributed by atoms with van der Waals surface area (Å²) in [6.07, 6.45) is 7.22. The van der Waals surface area contributed by atoms with Gasteiger partial charge >= 0.3 is 0 Å². The molecule has 0 radical (unpaired) electrons. The molecule has 1 aliphatic heterocycles. The van der Waals surface area contributed by atoms with Crippen molar-refractivity contribution in [1.29, 1.82) is 0 Å². The molecule has 260 valence electrons. The number of hydrogen-bond acceptors (Lipinski definition) is 3. The maximum absolute atomic E-state index is 6.79. The van der Waals surface area contributed by atoms with Crippen LogP contribution in [0.1, 0.15) is 33.4 Å². The highest BCUT2D eigenvalue weighted by Gasteiger charge is 2.57. The van der Waals surface area contributed by atoms with Gasteiger partial charge in [-0.25, -0.2) is 0 Å². The zero-order valence-corrected chi connectivity index (χ0v) is 31.3. The highest BCUT2D eigenvalue weighted by Crippen LogP contribution is 2.68. The fraction of sp³-hybridized carbons (Fsp3) is 0.0769. The fourth-order valence-corrected chi connectivity index (χ4v) is 10.9. The van der Waals surface area contributed by atoms with E-state index in [1.165, 1.54) is 88.0 Å². The van der Waals surface area contributed by atoms with Crippen LogP contribution >= 0.6 is 11.8 Å². The van der Waals surface area contributed by atoms with Crippen LogP contribution in [0.25, 0.3) is 27.8 Å². The van der Waals surface area contributed by atoms with Gasteiger partial charge in [-0.05, 0) is 141 Å². The molecule has 2 atom stereocenters. The van der Waals surface area contributed by atoms with Gasteiger partial charge < -0.3 is 9.64 Å². The average Bonchev–Trinajstić information content (AvgIpc) is 3.89. The zero-order valence-electron chi connectivity index (χ0n) is 30.5. The second-order valence-electron chi connectivity index (χ2n) is 15.3. The van der Waals surface area contributed by atoms with E-state index in [1.54, 1.807) is 0 Å². The maximum atomic E-state index is 6.79. The number of aryl methyl sites for hydroxylation is 1. The van der Waals surface area contributed by atoms with Gasteiger partial charge in [-0.15, -0.1) is 0 Å². The van der Waals surface area contributed by atoms with E-state index in [1.807, 2.05) is 11.8 Å². The minimum Gasteiger partial charge on any atom is -0.457 e. The maximum Gasteiger partial charge on any atom is 0.130 e. The topological polar surface area (TPSA) is 12.5 Å². The lowest BCUT2D eigenvalue weighted by molar-refractivity contribution is 0.473. The number of allylic oxidation sites excluding steroid dienone is 6. The SMILES string of the molecule is Cc1ccccc1Oc1ccc2c(c1C)C1(C3=C(C=CC4C=C34)c3ccccc31)c1cc(-c3cccc(N4c5ccccc5Sc5ccccc54)c3)ccc1-2. The first-order chi connectivity index (χ1) is 27.1. The molecule has 0 fully saturated rings. The molecular formula is C52H35NOS. The molecule has 0 saturated heterocycles. The normalized spacial score (nSPS) is 18.8. The number of nitrogens with zero attached hydrogens (tertiary/aromatic N) is 1. The van der Waals surface area contributed by atoms with Crippen LogP contribution in [0, 0.1) is 19.8 Å². The number of para-hydroxylation sites is 3. The Morgan fingerprint density at radius 1 is 0.600 bits per heavy atom. The van der Waals surface area contributed by atoms with Crippen LogP contribution in [0.2, 0.25) is 0 Å². The monoisotopic (exact) mass is 721 g/mol. The van der Waals surface area contributed by atoms with Crippen molar-refractivity contribution in [3.63, 3.8) is 0 Å². The molecule has 2 nitrogen and oxygen atoms in total. The molecule has 0 bridgehead atoms. The number of fused-ring (bicyclic) bond motifs is 13. The molecule has 2 unspecified atom stereocenters.